The zero-order valence-corrected chi connectivity index (χ0v) is 16.8. The van der Waals surface area contributed by atoms with E-state index in [1.807, 2.05) is 0 Å². The average molecular weight is 423 g/mol. The van der Waals surface area contributed by atoms with Crippen molar-refractivity contribution in [2.45, 2.75) is 25.8 Å². The lowest BCUT2D eigenvalue weighted by Crippen LogP contribution is -2.42. The molecule has 11 heteroatoms. The average Bonchev–Trinajstić information content (AvgIpc) is 2.65. The topological polar surface area (TPSA) is 139 Å². The fourth-order valence-corrected chi connectivity index (χ4v) is 4.11. The largest absolute Gasteiger partial charge is 0.508 e. The summed E-state index contributed by atoms with van der Waals surface area (Å²) in [6.07, 6.45) is 3.54. The standard InChI is InChI=1S/C18H22FN5O4S/c1-10-14(25)4-3-13(19)15(10)16(26)12-9-21-18(23-17(12)20)22-11-5-7-24(8-6-11)29(2,27)28/h3-4,9,11,25H,5-8H2,1-2H3,(H3,20,21,22,23). The first-order chi connectivity index (χ1) is 13.6. The third-order valence-corrected chi connectivity index (χ3v) is 6.23. The summed E-state index contributed by atoms with van der Waals surface area (Å²) in [6.45, 7) is 2.21. The molecule has 1 fully saturated rings. The van der Waals surface area contributed by atoms with E-state index < -0.39 is 21.6 Å². The monoisotopic (exact) mass is 423 g/mol. The maximum Gasteiger partial charge on any atom is 0.224 e. The van der Waals surface area contributed by atoms with Crippen molar-refractivity contribution >= 4 is 27.6 Å². The zero-order valence-electron chi connectivity index (χ0n) is 16.0. The molecule has 0 radical (unpaired) electrons. The molecular weight excluding hydrogens is 401 g/mol. The number of halogens is 1. The first-order valence-corrected chi connectivity index (χ1v) is 10.8. The molecule has 1 saturated heterocycles. The van der Waals surface area contributed by atoms with E-state index in [0.29, 0.717) is 25.9 Å². The van der Waals surface area contributed by atoms with Crippen molar-refractivity contribution in [2.75, 3.05) is 30.4 Å². The molecule has 3 rings (SSSR count). The molecule has 1 aromatic heterocycles. The highest BCUT2D eigenvalue weighted by molar-refractivity contribution is 7.88. The Morgan fingerprint density at radius 2 is 2.00 bits per heavy atom. The van der Waals surface area contributed by atoms with E-state index in [-0.39, 0.29) is 40.2 Å². The molecule has 0 unspecified atom stereocenters. The van der Waals surface area contributed by atoms with Gasteiger partial charge in [0, 0.05) is 30.9 Å². The second-order valence-electron chi connectivity index (χ2n) is 6.97. The van der Waals surface area contributed by atoms with Crippen LogP contribution >= 0.6 is 0 Å². The number of hydrogen-bond donors (Lipinski definition) is 3. The minimum atomic E-state index is -3.21. The van der Waals surface area contributed by atoms with Gasteiger partial charge in [0.15, 0.2) is 0 Å². The number of carbonyl (C=O) groups excluding carboxylic acids is 1. The lowest BCUT2D eigenvalue weighted by molar-refractivity contribution is 0.103. The first-order valence-electron chi connectivity index (χ1n) is 8.95. The van der Waals surface area contributed by atoms with Gasteiger partial charge in [0.2, 0.25) is 21.8 Å². The van der Waals surface area contributed by atoms with E-state index in [4.69, 9.17) is 5.73 Å². The molecule has 1 aliphatic rings. The van der Waals surface area contributed by atoms with E-state index in [2.05, 4.69) is 15.3 Å². The zero-order chi connectivity index (χ0) is 21.3. The molecule has 1 aromatic carbocycles. The predicted octanol–water partition coefficient (Wildman–Crippen LogP) is 1.28. The fraction of sp³-hybridized carbons (Fsp3) is 0.389. The van der Waals surface area contributed by atoms with Crippen LogP contribution in [0, 0.1) is 12.7 Å². The van der Waals surface area contributed by atoms with Crippen LogP contribution in [0.2, 0.25) is 0 Å². The number of nitrogens with zero attached hydrogens (tertiary/aromatic N) is 3. The number of nitrogen functional groups attached to an aromatic ring is 1. The van der Waals surface area contributed by atoms with Gasteiger partial charge in [-0.15, -0.1) is 0 Å². The Labute approximate surface area is 167 Å². The molecular formula is C18H22FN5O4S. The Bertz CT molecular complexity index is 1050. The highest BCUT2D eigenvalue weighted by Crippen LogP contribution is 2.26. The number of benzene rings is 1. The summed E-state index contributed by atoms with van der Waals surface area (Å²) in [4.78, 5) is 20.9. The molecule has 156 valence electrons. The second kappa shape index (κ2) is 7.91. The van der Waals surface area contributed by atoms with Crippen molar-refractivity contribution < 1.29 is 22.7 Å². The first kappa shape index (κ1) is 20.9. The fourth-order valence-electron chi connectivity index (χ4n) is 3.23. The Hall–Kier alpha value is -2.79. The SMILES string of the molecule is Cc1c(O)ccc(F)c1C(=O)c1cnc(NC2CCN(S(C)(=O)=O)CC2)nc1N. The van der Waals surface area contributed by atoms with Crippen molar-refractivity contribution in [3.05, 3.63) is 40.8 Å². The molecule has 0 amide bonds. The van der Waals surface area contributed by atoms with Crippen molar-refractivity contribution in [2.24, 2.45) is 0 Å². The van der Waals surface area contributed by atoms with Crippen LogP contribution in [-0.2, 0) is 10.0 Å². The number of ketones is 1. The molecule has 0 atom stereocenters. The minimum Gasteiger partial charge on any atom is -0.508 e. The summed E-state index contributed by atoms with van der Waals surface area (Å²) in [7, 11) is -3.21. The molecule has 0 spiro atoms. The Kier molecular flexibility index (Phi) is 5.71. The number of sulfonamides is 1. The third kappa shape index (κ3) is 4.46. The third-order valence-electron chi connectivity index (χ3n) is 4.93. The van der Waals surface area contributed by atoms with Gasteiger partial charge >= 0.3 is 0 Å². The molecule has 0 bridgehead atoms. The number of carbonyl (C=O) groups is 1. The summed E-state index contributed by atoms with van der Waals surface area (Å²) >= 11 is 0. The van der Waals surface area contributed by atoms with Gasteiger partial charge in [-0.25, -0.2) is 22.1 Å². The van der Waals surface area contributed by atoms with Gasteiger partial charge in [-0.3, -0.25) is 4.79 Å². The molecule has 9 nitrogen and oxygen atoms in total. The van der Waals surface area contributed by atoms with E-state index in [1.165, 1.54) is 29.7 Å². The molecule has 2 aromatic rings. The lowest BCUT2D eigenvalue weighted by atomic mass is 9.99. The van der Waals surface area contributed by atoms with Crippen LogP contribution in [-0.4, -0.2) is 59.0 Å². The molecule has 4 N–H and O–H groups in total. The lowest BCUT2D eigenvalue weighted by Gasteiger charge is -2.30. The van der Waals surface area contributed by atoms with Gasteiger partial charge < -0.3 is 16.2 Å². The van der Waals surface area contributed by atoms with Gasteiger partial charge in [0.25, 0.3) is 0 Å². The van der Waals surface area contributed by atoms with Gasteiger partial charge in [-0.1, -0.05) is 0 Å². The summed E-state index contributed by atoms with van der Waals surface area (Å²) < 4.78 is 38.7. The predicted molar refractivity (Wildman–Crippen MR) is 106 cm³/mol. The van der Waals surface area contributed by atoms with E-state index in [1.54, 1.807) is 0 Å². The highest BCUT2D eigenvalue weighted by Gasteiger charge is 2.26. The smallest absolute Gasteiger partial charge is 0.224 e. The number of nitrogens with one attached hydrogen (secondary N) is 1. The van der Waals surface area contributed by atoms with Crippen LogP contribution < -0.4 is 11.1 Å². The van der Waals surface area contributed by atoms with Crippen molar-refractivity contribution in [1.29, 1.82) is 0 Å². The van der Waals surface area contributed by atoms with Crippen LogP contribution in [0.4, 0.5) is 16.2 Å². The number of hydrogen-bond acceptors (Lipinski definition) is 8. The van der Waals surface area contributed by atoms with E-state index in [9.17, 15) is 22.7 Å². The van der Waals surface area contributed by atoms with E-state index >= 15 is 0 Å². The van der Waals surface area contributed by atoms with Gasteiger partial charge in [0.1, 0.15) is 17.4 Å². The Balaban J connectivity index is 1.75. The molecule has 0 aliphatic carbocycles. The number of nitrogens with two attached hydrogens (primary N) is 1. The number of rotatable bonds is 5. The van der Waals surface area contributed by atoms with Gasteiger partial charge in [-0.05, 0) is 31.9 Å². The van der Waals surface area contributed by atoms with Crippen LogP contribution in [0.3, 0.4) is 0 Å². The number of phenolic OH excluding ortho intramolecular Hbond substituents is 1. The quantitative estimate of drug-likeness (QED) is 0.611. The van der Waals surface area contributed by atoms with Crippen LogP contribution in [0.5, 0.6) is 5.75 Å². The van der Waals surface area contributed by atoms with Gasteiger partial charge in [-0.2, -0.15) is 4.98 Å². The maximum absolute atomic E-state index is 14.1. The number of aromatic hydroxyl groups is 1. The highest BCUT2D eigenvalue weighted by atomic mass is 32.2. The number of anilines is 2. The van der Waals surface area contributed by atoms with Gasteiger partial charge in [0.05, 0.1) is 17.4 Å². The Morgan fingerprint density at radius 1 is 1.34 bits per heavy atom. The molecule has 1 aliphatic heterocycles. The summed E-state index contributed by atoms with van der Waals surface area (Å²) in [5.41, 5.74) is 5.65. The molecule has 29 heavy (non-hydrogen) atoms. The molecule has 2 heterocycles. The minimum absolute atomic E-state index is 0.0419. The number of piperidine rings is 1. The van der Waals surface area contributed by atoms with Crippen LogP contribution in [0.1, 0.15) is 34.3 Å². The second-order valence-corrected chi connectivity index (χ2v) is 8.95. The summed E-state index contributed by atoms with van der Waals surface area (Å²) in [6, 6.07) is 2.13. The van der Waals surface area contributed by atoms with E-state index in [0.717, 1.165) is 6.07 Å². The summed E-state index contributed by atoms with van der Waals surface area (Å²) in [5, 5.41) is 12.8. The van der Waals surface area contributed by atoms with Crippen LogP contribution in [0.15, 0.2) is 18.3 Å². The van der Waals surface area contributed by atoms with Crippen molar-refractivity contribution in [1.82, 2.24) is 14.3 Å². The normalized spacial score (nSPS) is 16.0. The number of phenols is 1. The van der Waals surface area contributed by atoms with Crippen molar-refractivity contribution in [3.8, 4) is 5.75 Å². The maximum atomic E-state index is 14.1. The Morgan fingerprint density at radius 3 is 2.59 bits per heavy atom. The molecule has 0 saturated carbocycles. The van der Waals surface area contributed by atoms with Crippen molar-refractivity contribution in [3.63, 3.8) is 0 Å². The van der Waals surface area contributed by atoms with Crippen LogP contribution in [0.25, 0.3) is 0 Å². The summed E-state index contributed by atoms with van der Waals surface area (Å²) in [5.74, 6) is -1.62. The number of aromatic nitrogens is 2.